The lowest BCUT2D eigenvalue weighted by Crippen LogP contribution is -2.33. The molecular formula is C26H28N2O3. The maximum atomic E-state index is 12.6. The van der Waals surface area contributed by atoms with Crippen molar-refractivity contribution in [2.24, 2.45) is 0 Å². The fourth-order valence-corrected chi connectivity index (χ4v) is 3.70. The van der Waals surface area contributed by atoms with Crippen molar-refractivity contribution in [2.45, 2.75) is 53.0 Å². The van der Waals surface area contributed by atoms with Crippen LogP contribution in [-0.2, 0) is 24.4 Å². The van der Waals surface area contributed by atoms with Crippen LogP contribution in [0.1, 0.15) is 43.2 Å². The Hall–Kier alpha value is -3.34. The van der Waals surface area contributed by atoms with Gasteiger partial charge in [-0.1, -0.05) is 48.5 Å². The van der Waals surface area contributed by atoms with Crippen molar-refractivity contribution in [3.63, 3.8) is 0 Å². The molecule has 5 heteroatoms. The number of aryl methyl sites for hydroxylation is 1. The Bertz CT molecular complexity index is 1090. The van der Waals surface area contributed by atoms with Crippen LogP contribution in [0.2, 0.25) is 0 Å². The van der Waals surface area contributed by atoms with Gasteiger partial charge in [-0.15, -0.1) is 0 Å². The third kappa shape index (κ3) is 4.88. The molecule has 4 rings (SSSR count). The van der Waals surface area contributed by atoms with E-state index in [9.17, 15) is 4.79 Å². The first-order valence-electron chi connectivity index (χ1n) is 10.5. The molecule has 5 nitrogen and oxygen atoms in total. The largest absolute Gasteiger partial charge is 0.472 e. The maximum absolute atomic E-state index is 12.6. The van der Waals surface area contributed by atoms with Crippen LogP contribution in [0.5, 0.6) is 5.88 Å². The van der Waals surface area contributed by atoms with Gasteiger partial charge in [0.25, 0.3) is 0 Å². The summed E-state index contributed by atoms with van der Waals surface area (Å²) in [6.45, 7) is 9.10. The average Bonchev–Trinajstić information content (AvgIpc) is 3.17. The molecular weight excluding hydrogens is 388 g/mol. The molecule has 2 aromatic carbocycles. The Labute approximate surface area is 183 Å². The molecule has 0 radical (unpaired) electrons. The van der Waals surface area contributed by atoms with Gasteiger partial charge in [0.2, 0.25) is 5.88 Å². The highest BCUT2D eigenvalue weighted by Crippen LogP contribution is 2.37. The number of pyridine rings is 1. The van der Waals surface area contributed by atoms with Crippen LogP contribution in [0.25, 0.3) is 11.1 Å². The molecule has 0 fully saturated rings. The van der Waals surface area contributed by atoms with Crippen molar-refractivity contribution in [2.75, 3.05) is 0 Å². The standard InChI is InChI=1S/C26H28N2O3/c1-18-13-14-22(24(27-18)30-17-19-9-6-5-7-10-19)21-12-8-11-20-15-28(16-23(20)21)25(29)31-26(2,3)4/h5-14H,15-17H2,1-4H3. The normalized spacial score (nSPS) is 13.1. The number of amides is 1. The number of rotatable bonds is 4. The molecule has 0 N–H and O–H groups in total. The van der Waals surface area contributed by atoms with Crippen molar-refractivity contribution < 1.29 is 14.3 Å². The lowest BCUT2D eigenvalue weighted by molar-refractivity contribution is 0.0242. The first-order chi connectivity index (χ1) is 14.8. The molecule has 0 spiro atoms. The number of benzene rings is 2. The summed E-state index contributed by atoms with van der Waals surface area (Å²) in [7, 11) is 0. The fraction of sp³-hybridized carbons (Fsp3) is 0.308. The maximum Gasteiger partial charge on any atom is 0.410 e. The predicted octanol–water partition coefficient (Wildman–Crippen LogP) is 5.89. The van der Waals surface area contributed by atoms with E-state index in [2.05, 4.69) is 23.2 Å². The minimum absolute atomic E-state index is 0.294. The average molecular weight is 417 g/mol. The van der Waals surface area contributed by atoms with Crippen molar-refractivity contribution >= 4 is 6.09 Å². The highest BCUT2D eigenvalue weighted by molar-refractivity contribution is 5.76. The number of ether oxygens (including phenoxy) is 2. The second-order valence-corrected chi connectivity index (χ2v) is 8.86. The molecule has 2 heterocycles. The lowest BCUT2D eigenvalue weighted by atomic mass is 9.97. The number of hydrogen-bond acceptors (Lipinski definition) is 4. The van der Waals surface area contributed by atoms with Gasteiger partial charge in [-0.2, -0.15) is 0 Å². The minimum Gasteiger partial charge on any atom is -0.472 e. The van der Waals surface area contributed by atoms with E-state index in [1.807, 2.05) is 70.2 Å². The highest BCUT2D eigenvalue weighted by Gasteiger charge is 2.30. The number of fused-ring (bicyclic) bond motifs is 1. The molecule has 1 amide bonds. The van der Waals surface area contributed by atoms with Crippen LogP contribution in [0.4, 0.5) is 4.79 Å². The quantitative estimate of drug-likeness (QED) is 0.532. The number of carbonyl (C=O) groups excluding carboxylic acids is 1. The zero-order valence-electron chi connectivity index (χ0n) is 18.5. The van der Waals surface area contributed by atoms with Crippen LogP contribution >= 0.6 is 0 Å². The lowest BCUT2D eigenvalue weighted by Gasteiger charge is -2.24. The highest BCUT2D eigenvalue weighted by atomic mass is 16.6. The van der Waals surface area contributed by atoms with Crippen LogP contribution < -0.4 is 4.74 Å². The predicted molar refractivity (Wildman–Crippen MR) is 121 cm³/mol. The van der Waals surface area contributed by atoms with Crippen molar-refractivity contribution in [1.82, 2.24) is 9.88 Å². The van der Waals surface area contributed by atoms with Gasteiger partial charge in [0.05, 0.1) is 6.54 Å². The topological polar surface area (TPSA) is 51.7 Å². The molecule has 0 unspecified atom stereocenters. The molecule has 1 aliphatic rings. The van der Waals surface area contributed by atoms with E-state index in [0.29, 0.717) is 25.6 Å². The van der Waals surface area contributed by atoms with E-state index in [1.165, 1.54) is 0 Å². The van der Waals surface area contributed by atoms with Gasteiger partial charge >= 0.3 is 6.09 Å². The summed E-state index contributed by atoms with van der Waals surface area (Å²) >= 11 is 0. The van der Waals surface area contributed by atoms with E-state index in [-0.39, 0.29) is 6.09 Å². The summed E-state index contributed by atoms with van der Waals surface area (Å²) < 4.78 is 11.7. The number of carbonyl (C=O) groups is 1. The third-order valence-corrected chi connectivity index (χ3v) is 5.14. The Kier molecular flexibility index (Phi) is 5.68. The Morgan fingerprint density at radius 3 is 2.48 bits per heavy atom. The van der Waals surface area contributed by atoms with E-state index < -0.39 is 5.60 Å². The van der Waals surface area contributed by atoms with Crippen molar-refractivity contribution in [3.8, 4) is 17.0 Å². The summed E-state index contributed by atoms with van der Waals surface area (Å²) in [6.07, 6.45) is -0.294. The first kappa shape index (κ1) is 20.9. The zero-order chi connectivity index (χ0) is 22.0. The van der Waals surface area contributed by atoms with Crippen LogP contribution in [0.3, 0.4) is 0 Å². The van der Waals surface area contributed by atoms with Crippen LogP contribution in [0, 0.1) is 6.92 Å². The second-order valence-electron chi connectivity index (χ2n) is 8.86. The minimum atomic E-state index is -0.520. The fourth-order valence-electron chi connectivity index (χ4n) is 3.70. The molecule has 0 bridgehead atoms. The zero-order valence-corrected chi connectivity index (χ0v) is 18.5. The van der Waals surface area contributed by atoms with E-state index >= 15 is 0 Å². The molecule has 3 aromatic rings. The van der Waals surface area contributed by atoms with E-state index in [1.54, 1.807) is 4.90 Å². The van der Waals surface area contributed by atoms with E-state index in [0.717, 1.165) is 33.5 Å². The molecule has 0 saturated heterocycles. The molecule has 1 aliphatic heterocycles. The summed E-state index contributed by atoms with van der Waals surface area (Å²) in [5.41, 5.74) is 5.68. The summed E-state index contributed by atoms with van der Waals surface area (Å²) in [5, 5.41) is 0. The smallest absolute Gasteiger partial charge is 0.410 e. The van der Waals surface area contributed by atoms with Crippen molar-refractivity contribution in [3.05, 3.63) is 83.0 Å². The SMILES string of the molecule is Cc1ccc(-c2cccc3c2CN(C(=O)OC(C)(C)C)C3)c(OCc2ccccc2)n1. The van der Waals surface area contributed by atoms with Gasteiger partial charge in [-0.05, 0) is 62.1 Å². The van der Waals surface area contributed by atoms with Crippen LogP contribution in [-0.4, -0.2) is 21.6 Å². The summed E-state index contributed by atoms with van der Waals surface area (Å²) in [4.78, 5) is 19.0. The summed E-state index contributed by atoms with van der Waals surface area (Å²) in [5.74, 6) is 0.605. The van der Waals surface area contributed by atoms with Gasteiger partial charge in [-0.25, -0.2) is 9.78 Å². The third-order valence-electron chi connectivity index (χ3n) is 5.14. The van der Waals surface area contributed by atoms with Gasteiger partial charge < -0.3 is 9.47 Å². The number of aromatic nitrogens is 1. The summed E-state index contributed by atoms with van der Waals surface area (Å²) in [6, 6.07) is 20.3. The number of hydrogen-bond donors (Lipinski definition) is 0. The molecule has 0 saturated carbocycles. The molecule has 31 heavy (non-hydrogen) atoms. The van der Waals surface area contributed by atoms with Crippen molar-refractivity contribution in [1.29, 1.82) is 0 Å². The Morgan fingerprint density at radius 1 is 0.968 bits per heavy atom. The molecule has 0 atom stereocenters. The Morgan fingerprint density at radius 2 is 1.74 bits per heavy atom. The van der Waals surface area contributed by atoms with Gasteiger partial charge in [-0.3, -0.25) is 4.90 Å². The first-order valence-corrected chi connectivity index (χ1v) is 10.5. The molecule has 1 aromatic heterocycles. The second kappa shape index (κ2) is 8.42. The van der Waals surface area contributed by atoms with Gasteiger partial charge in [0.15, 0.2) is 0 Å². The Balaban J connectivity index is 1.62. The molecule has 0 aliphatic carbocycles. The van der Waals surface area contributed by atoms with Gasteiger partial charge in [0, 0.05) is 17.8 Å². The van der Waals surface area contributed by atoms with Crippen LogP contribution in [0.15, 0.2) is 60.7 Å². The van der Waals surface area contributed by atoms with E-state index in [4.69, 9.17) is 9.47 Å². The molecule has 160 valence electrons. The monoisotopic (exact) mass is 416 g/mol. The van der Waals surface area contributed by atoms with Gasteiger partial charge in [0.1, 0.15) is 12.2 Å². The number of nitrogens with zero attached hydrogens (tertiary/aromatic N) is 2.